The quantitative estimate of drug-likeness (QED) is 0.717. The van der Waals surface area contributed by atoms with Crippen LogP contribution in [-0.2, 0) is 4.79 Å². The van der Waals surface area contributed by atoms with Crippen LogP contribution in [0.1, 0.15) is 6.42 Å². The number of hydrogen-bond acceptors (Lipinski definition) is 5. The molecule has 1 atom stereocenters. The van der Waals surface area contributed by atoms with Crippen LogP contribution in [0, 0.1) is 0 Å². The van der Waals surface area contributed by atoms with E-state index in [-0.39, 0.29) is 11.9 Å². The minimum absolute atomic E-state index is 0.112. The molecular weight excluding hydrogens is 368 g/mol. The second-order valence-corrected chi connectivity index (χ2v) is 7.22. The van der Waals surface area contributed by atoms with Crippen molar-refractivity contribution in [1.82, 2.24) is 20.5 Å². The number of halogens is 1. The molecule has 9 heteroatoms. The van der Waals surface area contributed by atoms with Crippen molar-refractivity contribution in [3.05, 3.63) is 29.3 Å². The van der Waals surface area contributed by atoms with E-state index >= 15 is 0 Å². The first-order chi connectivity index (χ1) is 13.0. The number of carbonyl (C=O) groups is 2. The first kappa shape index (κ1) is 17.7. The van der Waals surface area contributed by atoms with Gasteiger partial charge in [-0.15, -0.1) is 0 Å². The predicted molar refractivity (Wildman–Crippen MR) is 105 cm³/mol. The van der Waals surface area contributed by atoms with Crippen molar-refractivity contribution in [1.29, 1.82) is 0 Å². The SMILES string of the molecule is Nc1cc(N2CCN(C(=O)NC3CCNC3=O)CC2)c2ccc(Cl)cc2n1. The first-order valence-electron chi connectivity index (χ1n) is 8.95. The largest absolute Gasteiger partial charge is 0.384 e. The van der Waals surface area contributed by atoms with Gasteiger partial charge in [-0.1, -0.05) is 11.6 Å². The van der Waals surface area contributed by atoms with E-state index in [2.05, 4.69) is 20.5 Å². The molecule has 0 radical (unpaired) electrons. The molecule has 0 spiro atoms. The normalized spacial score (nSPS) is 20.0. The van der Waals surface area contributed by atoms with Gasteiger partial charge in [-0.2, -0.15) is 0 Å². The van der Waals surface area contributed by atoms with Crippen molar-refractivity contribution in [3.63, 3.8) is 0 Å². The highest BCUT2D eigenvalue weighted by Gasteiger charge is 2.29. The van der Waals surface area contributed by atoms with Crippen LogP contribution in [0.4, 0.5) is 16.3 Å². The van der Waals surface area contributed by atoms with Crippen LogP contribution < -0.4 is 21.3 Å². The van der Waals surface area contributed by atoms with Crippen LogP contribution in [-0.4, -0.2) is 60.6 Å². The number of aromatic nitrogens is 1. The highest BCUT2D eigenvalue weighted by molar-refractivity contribution is 6.31. The van der Waals surface area contributed by atoms with Gasteiger partial charge in [0.2, 0.25) is 5.91 Å². The maximum Gasteiger partial charge on any atom is 0.318 e. The third-order valence-corrected chi connectivity index (χ3v) is 5.26. The van der Waals surface area contributed by atoms with Crippen molar-refractivity contribution in [3.8, 4) is 0 Å². The average Bonchev–Trinajstić information content (AvgIpc) is 3.05. The number of benzene rings is 1. The lowest BCUT2D eigenvalue weighted by molar-refractivity contribution is -0.120. The van der Waals surface area contributed by atoms with E-state index in [1.807, 2.05) is 18.2 Å². The summed E-state index contributed by atoms with van der Waals surface area (Å²) in [5.41, 5.74) is 7.71. The van der Waals surface area contributed by atoms with Gasteiger partial charge >= 0.3 is 6.03 Å². The Balaban J connectivity index is 1.45. The van der Waals surface area contributed by atoms with Crippen LogP contribution in [0.15, 0.2) is 24.3 Å². The Morgan fingerprint density at radius 1 is 1.26 bits per heavy atom. The number of anilines is 2. The lowest BCUT2D eigenvalue weighted by Gasteiger charge is -2.37. The van der Waals surface area contributed by atoms with E-state index in [4.69, 9.17) is 17.3 Å². The molecule has 1 aromatic heterocycles. The Labute approximate surface area is 161 Å². The molecule has 1 unspecified atom stereocenters. The zero-order valence-electron chi connectivity index (χ0n) is 14.7. The Morgan fingerprint density at radius 3 is 2.74 bits per heavy atom. The maximum absolute atomic E-state index is 12.4. The van der Waals surface area contributed by atoms with Gasteiger partial charge in [0.25, 0.3) is 0 Å². The summed E-state index contributed by atoms with van der Waals surface area (Å²) >= 11 is 6.07. The van der Waals surface area contributed by atoms with Crippen molar-refractivity contribution in [2.75, 3.05) is 43.4 Å². The van der Waals surface area contributed by atoms with Gasteiger partial charge in [0.05, 0.1) is 5.52 Å². The Hall–Kier alpha value is -2.74. The summed E-state index contributed by atoms with van der Waals surface area (Å²) in [6.07, 6.45) is 0.634. The molecule has 8 nitrogen and oxygen atoms in total. The topological polar surface area (TPSA) is 104 Å². The van der Waals surface area contributed by atoms with Crippen molar-refractivity contribution >= 4 is 45.9 Å². The number of urea groups is 1. The van der Waals surface area contributed by atoms with Crippen molar-refractivity contribution in [2.45, 2.75) is 12.5 Å². The number of nitrogen functional groups attached to an aromatic ring is 1. The van der Waals surface area contributed by atoms with E-state index in [1.165, 1.54) is 0 Å². The Morgan fingerprint density at radius 2 is 2.04 bits per heavy atom. The number of amides is 3. The van der Waals surface area contributed by atoms with E-state index in [9.17, 15) is 9.59 Å². The number of nitrogens with one attached hydrogen (secondary N) is 2. The molecule has 1 aromatic carbocycles. The summed E-state index contributed by atoms with van der Waals surface area (Å²) in [7, 11) is 0. The van der Waals surface area contributed by atoms with E-state index in [0.717, 1.165) is 16.6 Å². The minimum Gasteiger partial charge on any atom is -0.384 e. The summed E-state index contributed by atoms with van der Waals surface area (Å²) in [6.45, 7) is 3.09. The van der Waals surface area contributed by atoms with E-state index < -0.39 is 6.04 Å². The third kappa shape index (κ3) is 3.57. The molecule has 2 aliphatic rings. The van der Waals surface area contributed by atoms with Crippen LogP contribution in [0.3, 0.4) is 0 Å². The second kappa shape index (κ2) is 7.11. The van der Waals surface area contributed by atoms with Gasteiger partial charge in [-0.3, -0.25) is 4.79 Å². The number of carbonyl (C=O) groups excluding carboxylic acids is 2. The molecule has 0 aliphatic carbocycles. The monoisotopic (exact) mass is 388 g/mol. The number of nitrogens with zero attached hydrogens (tertiary/aromatic N) is 3. The van der Waals surface area contributed by atoms with Gasteiger partial charge < -0.3 is 26.2 Å². The highest BCUT2D eigenvalue weighted by Crippen LogP contribution is 2.30. The molecule has 4 rings (SSSR count). The highest BCUT2D eigenvalue weighted by atomic mass is 35.5. The molecular formula is C18H21ClN6O2. The molecule has 2 aliphatic heterocycles. The van der Waals surface area contributed by atoms with Gasteiger partial charge in [0.15, 0.2) is 0 Å². The van der Waals surface area contributed by atoms with Crippen molar-refractivity contribution < 1.29 is 9.59 Å². The summed E-state index contributed by atoms with van der Waals surface area (Å²) < 4.78 is 0. The van der Waals surface area contributed by atoms with Crippen LogP contribution >= 0.6 is 11.6 Å². The van der Waals surface area contributed by atoms with Gasteiger partial charge in [-0.05, 0) is 24.6 Å². The first-order valence-corrected chi connectivity index (χ1v) is 9.33. The molecule has 0 bridgehead atoms. The fourth-order valence-corrected chi connectivity index (χ4v) is 3.75. The molecule has 0 saturated carbocycles. The fourth-order valence-electron chi connectivity index (χ4n) is 3.59. The maximum atomic E-state index is 12.4. The van der Waals surface area contributed by atoms with Gasteiger partial charge in [-0.25, -0.2) is 9.78 Å². The summed E-state index contributed by atoms with van der Waals surface area (Å²) in [6, 6.07) is 6.81. The molecule has 2 fully saturated rings. The molecule has 142 valence electrons. The number of pyridine rings is 1. The number of rotatable bonds is 2. The standard InChI is InChI=1S/C18H21ClN6O2/c19-11-1-2-12-14(9-11)22-16(20)10-15(12)24-5-7-25(8-6-24)18(27)23-13-3-4-21-17(13)26/h1-2,9-10,13H,3-8H2,(H2,20,22)(H,21,26)(H,23,27). The molecule has 4 N–H and O–H groups in total. The molecule has 2 aromatic rings. The third-order valence-electron chi connectivity index (χ3n) is 5.02. The molecule has 27 heavy (non-hydrogen) atoms. The molecule has 3 amide bonds. The Kier molecular flexibility index (Phi) is 4.65. The van der Waals surface area contributed by atoms with Gasteiger partial charge in [0, 0.05) is 54.9 Å². The number of hydrogen-bond donors (Lipinski definition) is 3. The summed E-state index contributed by atoms with van der Waals surface area (Å²) in [5, 5.41) is 7.13. The minimum atomic E-state index is -0.427. The number of piperazine rings is 1. The second-order valence-electron chi connectivity index (χ2n) is 6.78. The van der Waals surface area contributed by atoms with Gasteiger partial charge in [0.1, 0.15) is 11.9 Å². The molecule has 2 saturated heterocycles. The number of nitrogens with two attached hydrogens (primary N) is 1. The summed E-state index contributed by atoms with van der Waals surface area (Å²) in [4.78, 5) is 32.3. The predicted octanol–water partition coefficient (Wildman–Crippen LogP) is 1.19. The zero-order valence-corrected chi connectivity index (χ0v) is 15.5. The van der Waals surface area contributed by atoms with Crippen molar-refractivity contribution in [2.24, 2.45) is 0 Å². The van der Waals surface area contributed by atoms with Crippen LogP contribution in [0.25, 0.3) is 10.9 Å². The summed E-state index contributed by atoms with van der Waals surface area (Å²) in [5.74, 6) is 0.326. The van der Waals surface area contributed by atoms with E-state index in [1.54, 1.807) is 11.0 Å². The van der Waals surface area contributed by atoms with Crippen LogP contribution in [0.2, 0.25) is 5.02 Å². The van der Waals surface area contributed by atoms with E-state index in [0.29, 0.717) is 50.0 Å². The smallest absolute Gasteiger partial charge is 0.318 e. The average molecular weight is 389 g/mol. The molecule has 3 heterocycles. The lowest BCUT2D eigenvalue weighted by Crippen LogP contribution is -2.54. The lowest BCUT2D eigenvalue weighted by atomic mass is 10.1. The zero-order chi connectivity index (χ0) is 19.0. The van der Waals surface area contributed by atoms with Crippen LogP contribution in [0.5, 0.6) is 0 Å². The number of fused-ring (bicyclic) bond motifs is 1. The fraction of sp³-hybridized carbons (Fsp3) is 0.389. The Bertz CT molecular complexity index is 892.